The fraction of sp³-hybridized carbons (Fsp3) is 0.182. The number of benzene rings is 2. The number of aromatic nitrogens is 1. The zero-order valence-electron chi connectivity index (χ0n) is 15.5. The lowest BCUT2D eigenvalue weighted by Gasteiger charge is -2.19. The Hall–Kier alpha value is -1.69. The Bertz CT molecular complexity index is 1010. The Kier molecular flexibility index (Phi) is 6.91. The predicted octanol–water partition coefficient (Wildman–Crippen LogP) is 6.63. The number of rotatable bonds is 5. The molecule has 1 heterocycles. The van der Waals surface area contributed by atoms with Gasteiger partial charge < -0.3 is 4.90 Å². The van der Waals surface area contributed by atoms with E-state index in [-0.39, 0.29) is 5.91 Å². The first-order valence-corrected chi connectivity index (χ1v) is 10.7. The van der Waals surface area contributed by atoms with E-state index in [2.05, 4.69) is 43.8 Å². The lowest BCUT2D eigenvalue weighted by atomic mass is 9.99. The van der Waals surface area contributed by atoms with Crippen molar-refractivity contribution >= 4 is 55.1 Å². The van der Waals surface area contributed by atoms with E-state index in [9.17, 15) is 4.79 Å². The number of anilines is 1. The van der Waals surface area contributed by atoms with Crippen molar-refractivity contribution in [3.8, 4) is 0 Å². The summed E-state index contributed by atoms with van der Waals surface area (Å²) < 4.78 is 1.84. The molecule has 0 bridgehead atoms. The minimum atomic E-state index is -0.127. The Balaban J connectivity index is 1.88. The molecule has 0 radical (unpaired) electrons. The molecule has 0 spiro atoms. The van der Waals surface area contributed by atoms with Crippen molar-refractivity contribution in [2.75, 3.05) is 11.9 Å². The van der Waals surface area contributed by atoms with Gasteiger partial charge in [-0.1, -0.05) is 45.7 Å². The van der Waals surface area contributed by atoms with Crippen LogP contribution in [0.3, 0.4) is 0 Å². The first kappa shape index (κ1) is 21.0. The molecule has 0 aliphatic heterocycles. The van der Waals surface area contributed by atoms with Gasteiger partial charge in [0.2, 0.25) is 0 Å². The normalized spacial score (nSPS) is 10.8. The fourth-order valence-corrected chi connectivity index (χ4v) is 4.27. The van der Waals surface area contributed by atoms with Crippen LogP contribution in [0.4, 0.5) is 5.69 Å². The molecule has 0 aliphatic carbocycles. The molecule has 28 heavy (non-hydrogen) atoms. The Morgan fingerprint density at radius 1 is 1.07 bits per heavy atom. The largest absolute Gasteiger partial charge is 0.310 e. The first-order chi connectivity index (χ1) is 13.4. The van der Waals surface area contributed by atoms with Gasteiger partial charge in [-0.05, 0) is 82.7 Å². The van der Waals surface area contributed by atoms with E-state index in [1.165, 1.54) is 0 Å². The molecule has 3 rings (SSSR count). The summed E-state index contributed by atoms with van der Waals surface area (Å²) in [6, 6.07) is 15.4. The fourth-order valence-electron chi connectivity index (χ4n) is 3.02. The maximum absolute atomic E-state index is 13.1. The highest BCUT2D eigenvalue weighted by Gasteiger charge is 2.19. The average Bonchev–Trinajstić information content (AvgIpc) is 2.69. The number of amides is 1. The van der Waals surface area contributed by atoms with Gasteiger partial charge >= 0.3 is 0 Å². The van der Waals surface area contributed by atoms with Gasteiger partial charge in [-0.2, -0.15) is 0 Å². The molecule has 0 N–H and O–H groups in total. The minimum absolute atomic E-state index is 0.127. The Morgan fingerprint density at radius 2 is 1.75 bits per heavy atom. The number of carbonyl (C=O) groups excluding carboxylic acids is 1. The third kappa shape index (κ3) is 4.83. The molecule has 1 aromatic heterocycles. The van der Waals surface area contributed by atoms with Gasteiger partial charge in [-0.3, -0.25) is 4.79 Å². The van der Waals surface area contributed by atoms with Crippen LogP contribution in [-0.2, 0) is 12.8 Å². The lowest BCUT2D eigenvalue weighted by Crippen LogP contribution is -2.28. The molecule has 144 valence electrons. The first-order valence-electron chi connectivity index (χ1n) is 8.79. The van der Waals surface area contributed by atoms with Crippen molar-refractivity contribution in [1.29, 1.82) is 0 Å². The monoisotopic (exact) mass is 520 g/mol. The molecule has 0 unspecified atom stereocenters. The summed E-state index contributed by atoms with van der Waals surface area (Å²) in [5, 5.41) is 0.694. The Labute approximate surface area is 187 Å². The number of hydrogen-bond donors (Lipinski definition) is 0. The maximum Gasteiger partial charge on any atom is 0.276 e. The molecule has 0 saturated carbocycles. The highest BCUT2D eigenvalue weighted by atomic mass is 79.9. The second kappa shape index (κ2) is 9.21. The van der Waals surface area contributed by atoms with Crippen molar-refractivity contribution in [2.24, 2.45) is 0 Å². The summed E-state index contributed by atoms with van der Waals surface area (Å²) in [5.74, 6) is -0.127. The number of pyridine rings is 1. The van der Waals surface area contributed by atoms with Gasteiger partial charge in [0.25, 0.3) is 5.91 Å². The van der Waals surface area contributed by atoms with Gasteiger partial charge in [-0.15, -0.1) is 0 Å². The van der Waals surface area contributed by atoms with Crippen molar-refractivity contribution in [3.63, 3.8) is 0 Å². The number of para-hydroxylation sites is 1. The van der Waals surface area contributed by atoms with Crippen molar-refractivity contribution < 1.29 is 4.79 Å². The molecule has 3 aromatic rings. The highest BCUT2D eigenvalue weighted by Crippen LogP contribution is 2.27. The van der Waals surface area contributed by atoms with Crippen LogP contribution in [0.2, 0.25) is 5.02 Å². The molecule has 0 saturated heterocycles. The van der Waals surface area contributed by atoms with Crippen LogP contribution in [0.25, 0.3) is 0 Å². The second-order valence-corrected chi connectivity index (χ2v) is 8.74. The molecule has 6 heteroatoms. The van der Waals surface area contributed by atoms with Crippen LogP contribution < -0.4 is 4.90 Å². The number of halogens is 3. The molecular weight excluding hydrogens is 504 g/mol. The van der Waals surface area contributed by atoms with E-state index in [0.29, 0.717) is 17.1 Å². The standard InChI is InChI=1S/C22H19Br2ClN2O/c1-14-15(11-18(25)12-20(14)24)8-9-16-10-17(23)13-26-21(16)22(28)27(2)19-6-4-3-5-7-19/h3-7,10-13H,8-9H2,1-2H3. The molecule has 2 aromatic carbocycles. The molecule has 3 nitrogen and oxygen atoms in total. The SMILES string of the molecule is Cc1c(Br)cc(Cl)cc1CCc1cc(Br)cnc1C(=O)N(C)c1ccccc1. The van der Waals surface area contributed by atoms with Gasteiger partial charge in [0.05, 0.1) is 0 Å². The van der Waals surface area contributed by atoms with Gasteiger partial charge in [0.15, 0.2) is 0 Å². The van der Waals surface area contributed by atoms with E-state index in [0.717, 1.165) is 37.7 Å². The van der Waals surface area contributed by atoms with E-state index in [4.69, 9.17) is 11.6 Å². The van der Waals surface area contributed by atoms with Crippen LogP contribution in [0.1, 0.15) is 27.2 Å². The number of nitrogens with zero attached hydrogens (tertiary/aromatic N) is 2. The van der Waals surface area contributed by atoms with Crippen LogP contribution in [0, 0.1) is 6.92 Å². The molecule has 0 fully saturated rings. The third-order valence-electron chi connectivity index (χ3n) is 4.66. The van der Waals surface area contributed by atoms with Crippen LogP contribution >= 0.6 is 43.5 Å². The smallest absolute Gasteiger partial charge is 0.276 e. The molecular formula is C22H19Br2ClN2O. The van der Waals surface area contributed by atoms with Crippen molar-refractivity contribution in [3.05, 3.63) is 91.1 Å². The second-order valence-electron chi connectivity index (χ2n) is 6.53. The number of hydrogen-bond acceptors (Lipinski definition) is 2. The van der Waals surface area contributed by atoms with Crippen molar-refractivity contribution in [1.82, 2.24) is 4.98 Å². The highest BCUT2D eigenvalue weighted by molar-refractivity contribution is 9.10. The van der Waals surface area contributed by atoms with Crippen LogP contribution in [-0.4, -0.2) is 17.9 Å². The van der Waals surface area contributed by atoms with Gasteiger partial charge in [0.1, 0.15) is 5.69 Å². The Morgan fingerprint density at radius 3 is 2.46 bits per heavy atom. The topological polar surface area (TPSA) is 33.2 Å². The molecule has 1 amide bonds. The van der Waals surface area contributed by atoms with Crippen LogP contribution in [0.15, 0.2) is 63.7 Å². The number of carbonyl (C=O) groups is 1. The summed E-state index contributed by atoms with van der Waals surface area (Å²) in [7, 11) is 1.77. The van der Waals surface area contributed by atoms with E-state index in [1.807, 2.05) is 48.5 Å². The maximum atomic E-state index is 13.1. The number of aryl methyl sites for hydroxylation is 2. The summed E-state index contributed by atoms with van der Waals surface area (Å²) in [5.41, 5.74) is 4.50. The van der Waals surface area contributed by atoms with E-state index < -0.39 is 0 Å². The van der Waals surface area contributed by atoms with E-state index in [1.54, 1.807) is 18.1 Å². The summed E-state index contributed by atoms with van der Waals surface area (Å²) >= 11 is 13.2. The van der Waals surface area contributed by atoms with Gasteiger partial charge in [-0.25, -0.2) is 4.98 Å². The zero-order valence-corrected chi connectivity index (χ0v) is 19.5. The summed E-state index contributed by atoms with van der Waals surface area (Å²) in [6.07, 6.45) is 3.11. The quantitative estimate of drug-likeness (QED) is 0.377. The minimum Gasteiger partial charge on any atom is -0.310 e. The lowest BCUT2D eigenvalue weighted by molar-refractivity contribution is 0.0987. The van der Waals surface area contributed by atoms with Crippen LogP contribution in [0.5, 0.6) is 0 Å². The summed E-state index contributed by atoms with van der Waals surface area (Å²) in [4.78, 5) is 19.1. The van der Waals surface area contributed by atoms with E-state index >= 15 is 0 Å². The molecule has 0 aliphatic rings. The predicted molar refractivity (Wildman–Crippen MR) is 122 cm³/mol. The average molecular weight is 523 g/mol. The van der Waals surface area contributed by atoms with Crippen molar-refractivity contribution in [2.45, 2.75) is 19.8 Å². The van der Waals surface area contributed by atoms with Gasteiger partial charge in [0, 0.05) is 32.9 Å². The third-order valence-corrected chi connectivity index (χ3v) is 6.14. The molecule has 0 atom stereocenters. The zero-order chi connectivity index (χ0) is 20.3. The summed E-state index contributed by atoms with van der Waals surface area (Å²) in [6.45, 7) is 2.06.